The lowest BCUT2D eigenvalue weighted by Gasteiger charge is -2.10. The van der Waals surface area contributed by atoms with Gasteiger partial charge in [-0.15, -0.1) is 0 Å². The van der Waals surface area contributed by atoms with Gasteiger partial charge in [0.05, 0.1) is 12.3 Å². The second-order valence-electron chi connectivity index (χ2n) is 4.33. The van der Waals surface area contributed by atoms with Gasteiger partial charge >= 0.3 is 0 Å². The van der Waals surface area contributed by atoms with Crippen LogP contribution in [0.25, 0.3) is 0 Å². The molecule has 0 spiro atoms. The van der Waals surface area contributed by atoms with Gasteiger partial charge in [-0.05, 0) is 31.3 Å². The number of hydrogen-bond acceptors (Lipinski definition) is 5. The molecule has 6 nitrogen and oxygen atoms in total. The first-order chi connectivity index (χ1) is 10.0. The molecule has 2 aromatic rings. The van der Waals surface area contributed by atoms with Gasteiger partial charge in [-0.2, -0.15) is 0 Å². The lowest BCUT2D eigenvalue weighted by molar-refractivity contribution is 0.320. The molecule has 0 unspecified atom stereocenters. The molecule has 0 aliphatic heterocycles. The molecular weight excluding hydrogens is 290 g/mol. The Morgan fingerprint density at radius 2 is 2.10 bits per heavy atom. The molecule has 0 atom stereocenters. The van der Waals surface area contributed by atoms with Crippen molar-refractivity contribution in [1.29, 1.82) is 0 Å². The molecule has 0 aliphatic rings. The van der Waals surface area contributed by atoms with Crippen LogP contribution >= 0.6 is 0 Å². The van der Waals surface area contributed by atoms with E-state index in [1.807, 2.05) is 18.2 Å². The van der Waals surface area contributed by atoms with Gasteiger partial charge in [-0.1, -0.05) is 6.07 Å². The van der Waals surface area contributed by atoms with E-state index in [1.165, 1.54) is 19.2 Å². The normalized spacial score (nSPS) is 11.3. The molecule has 0 amide bonds. The van der Waals surface area contributed by atoms with Crippen LogP contribution in [-0.4, -0.2) is 27.1 Å². The topological polar surface area (TPSA) is 94.3 Å². The fourth-order valence-corrected chi connectivity index (χ4v) is 2.63. The van der Waals surface area contributed by atoms with Crippen molar-refractivity contribution in [3.05, 3.63) is 48.3 Å². The van der Waals surface area contributed by atoms with Crippen LogP contribution < -0.4 is 15.2 Å². The van der Waals surface area contributed by atoms with E-state index in [4.69, 9.17) is 10.5 Å². The van der Waals surface area contributed by atoms with E-state index in [-0.39, 0.29) is 10.6 Å². The smallest absolute Gasteiger partial charge is 0.242 e. The number of nitrogens with zero attached hydrogens (tertiary/aromatic N) is 1. The van der Waals surface area contributed by atoms with Gasteiger partial charge in [0.1, 0.15) is 10.6 Å². The molecule has 0 radical (unpaired) electrons. The van der Waals surface area contributed by atoms with E-state index in [1.54, 1.807) is 12.3 Å². The molecule has 1 heterocycles. The number of nitrogens with one attached hydrogen (secondary N) is 1. The van der Waals surface area contributed by atoms with Crippen molar-refractivity contribution in [1.82, 2.24) is 9.71 Å². The molecule has 0 saturated carbocycles. The van der Waals surface area contributed by atoms with Gasteiger partial charge in [-0.25, -0.2) is 13.1 Å². The Bertz CT molecular complexity index is 703. The quantitative estimate of drug-likeness (QED) is 0.782. The predicted octanol–water partition coefficient (Wildman–Crippen LogP) is 1.19. The van der Waals surface area contributed by atoms with E-state index < -0.39 is 10.0 Å². The minimum atomic E-state index is -3.55. The third-order valence-corrected chi connectivity index (χ3v) is 4.38. The molecule has 3 N–H and O–H groups in total. The third-order valence-electron chi connectivity index (χ3n) is 2.89. The number of nitrogen functional groups attached to an aromatic ring is 1. The van der Waals surface area contributed by atoms with Crippen LogP contribution in [0.3, 0.4) is 0 Å². The van der Waals surface area contributed by atoms with Crippen LogP contribution in [0.1, 0.15) is 5.69 Å². The highest BCUT2D eigenvalue weighted by Gasteiger charge is 2.15. The molecule has 2 rings (SSSR count). The number of benzene rings is 1. The second kappa shape index (κ2) is 6.55. The van der Waals surface area contributed by atoms with E-state index in [9.17, 15) is 8.42 Å². The zero-order chi connectivity index (χ0) is 15.3. The molecule has 7 heteroatoms. The van der Waals surface area contributed by atoms with Crippen molar-refractivity contribution in [2.75, 3.05) is 19.4 Å². The number of anilines is 1. The minimum absolute atomic E-state index is 0.0436. The Hall–Kier alpha value is -2.12. The SMILES string of the molecule is CNS(=O)(=O)c1ccc(OCCc2ccccn2)cc1N. The van der Waals surface area contributed by atoms with Gasteiger partial charge < -0.3 is 10.5 Å². The van der Waals surface area contributed by atoms with Crippen molar-refractivity contribution >= 4 is 15.7 Å². The van der Waals surface area contributed by atoms with Crippen molar-refractivity contribution < 1.29 is 13.2 Å². The summed E-state index contributed by atoms with van der Waals surface area (Å²) in [6.45, 7) is 0.439. The Morgan fingerprint density at radius 3 is 2.71 bits per heavy atom. The van der Waals surface area contributed by atoms with E-state index >= 15 is 0 Å². The summed E-state index contributed by atoms with van der Waals surface area (Å²) in [5.74, 6) is 0.526. The highest BCUT2D eigenvalue weighted by atomic mass is 32.2. The lowest BCUT2D eigenvalue weighted by atomic mass is 10.3. The number of rotatable bonds is 6. The van der Waals surface area contributed by atoms with Crippen LogP contribution in [0.2, 0.25) is 0 Å². The van der Waals surface area contributed by atoms with Crippen LogP contribution in [0.4, 0.5) is 5.69 Å². The fourth-order valence-electron chi connectivity index (χ4n) is 1.79. The first-order valence-electron chi connectivity index (χ1n) is 6.39. The summed E-state index contributed by atoms with van der Waals surface area (Å²) in [5, 5.41) is 0. The molecule has 0 fully saturated rings. The van der Waals surface area contributed by atoms with E-state index in [0.717, 1.165) is 5.69 Å². The molecule has 1 aromatic heterocycles. The molecule has 21 heavy (non-hydrogen) atoms. The van der Waals surface area contributed by atoms with Gasteiger partial charge in [0.25, 0.3) is 0 Å². The number of pyridine rings is 1. The molecule has 0 aliphatic carbocycles. The number of hydrogen-bond donors (Lipinski definition) is 2. The highest BCUT2D eigenvalue weighted by Crippen LogP contribution is 2.23. The average molecular weight is 307 g/mol. The van der Waals surface area contributed by atoms with Gasteiger partial charge in [0, 0.05) is 24.4 Å². The zero-order valence-electron chi connectivity index (χ0n) is 11.6. The Labute approximate surface area is 124 Å². The second-order valence-corrected chi connectivity index (χ2v) is 6.18. The van der Waals surface area contributed by atoms with Crippen molar-refractivity contribution in [3.8, 4) is 5.75 Å². The Balaban J connectivity index is 2.01. The maximum absolute atomic E-state index is 11.7. The largest absolute Gasteiger partial charge is 0.493 e. The molecule has 1 aromatic carbocycles. The van der Waals surface area contributed by atoms with E-state index in [0.29, 0.717) is 18.8 Å². The summed E-state index contributed by atoms with van der Waals surface area (Å²) < 4.78 is 31.2. The fraction of sp³-hybridized carbons (Fsp3) is 0.214. The first kappa shape index (κ1) is 15.3. The third kappa shape index (κ3) is 3.93. The molecule has 112 valence electrons. The van der Waals surface area contributed by atoms with Crippen molar-refractivity contribution in [2.45, 2.75) is 11.3 Å². The molecule has 0 saturated heterocycles. The lowest BCUT2D eigenvalue weighted by Crippen LogP contribution is -2.19. The summed E-state index contributed by atoms with van der Waals surface area (Å²) in [6.07, 6.45) is 2.39. The summed E-state index contributed by atoms with van der Waals surface area (Å²) >= 11 is 0. The molecule has 0 bridgehead atoms. The maximum Gasteiger partial charge on any atom is 0.242 e. The summed E-state index contributed by atoms with van der Waals surface area (Å²) in [7, 11) is -2.21. The van der Waals surface area contributed by atoms with Gasteiger partial charge in [0.2, 0.25) is 10.0 Å². The van der Waals surface area contributed by atoms with Crippen LogP contribution in [-0.2, 0) is 16.4 Å². The number of sulfonamides is 1. The van der Waals surface area contributed by atoms with Gasteiger partial charge in [0.15, 0.2) is 0 Å². The summed E-state index contributed by atoms with van der Waals surface area (Å²) in [5.41, 5.74) is 6.84. The monoisotopic (exact) mass is 307 g/mol. The maximum atomic E-state index is 11.7. The summed E-state index contributed by atoms with van der Waals surface area (Å²) in [4.78, 5) is 4.24. The van der Waals surface area contributed by atoms with Gasteiger partial charge in [-0.3, -0.25) is 4.98 Å². The first-order valence-corrected chi connectivity index (χ1v) is 7.87. The van der Waals surface area contributed by atoms with Crippen molar-refractivity contribution in [2.24, 2.45) is 0 Å². The predicted molar refractivity (Wildman–Crippen MR) is 80.5 cm³/mol. The van der Waals surface area contributed by atoms with Crippen LogP contribution in [0.5, 0.6) is 5.75 Å². The van der Waals surface area contributed by atoms with Crippen molar-refractivity contribution in [3.63, 3.8) is 0 Å². The molecular formula is C14H17N3O3S. The standard InChI is InChI=1S/C14H17N3O3S/c1-16-21(18,19)14-6-5-12(10-13(14)15)20-9-7-11-4-2-3-8-17-11/h2-6,8,10,16H,7,9,15H2,1H3. The number of nitrogens with two attached hydrogens (primary N) is 1. The number of aromatic nitrogens is 1. The zero-order valence-corrected chi connectivity index (χ0v) is 12.4. The van der Waals surface area contributed by atoms with Crippen LogP contribution in [0.15, 0.2) is 47.5 Å². The Kier molecular flexibility index (Phi) is 4.77. The van der Waals surface area contributed by atoms with E-state index in [2.05, 4.69) is 9.71 Å². The minimum Gasteiger partial charge on any atom is -0.493 e. The number of ether oxygens (including phenoxy) is 1. The summed E-state index contributed by atoms with van der Waals surface area (Å²) in [6, 6.07) is 10.2. The van der Waals surface area contributed by atoms with Crippen LogP contribution in [0, 0.1) is 0 Å². The Morgan fingerprint density at radius 1 is 1.29 bits per heavy atom. The highest BCUT2D eigenvalue weighted by molar-refractivity contribution is 7.89. The average Bonchev–Trinajstić information content (AvgIpc) is 2.48.